The predicted octanol–water partition coefficient (Wildman–Crippen LogP) is 3.46. The minimum atomic E-state index is -0.990. The van der Waals surface area contributed by atoms with E-state index in [9.17, 15) is 9.59 Å². The molecule has 0 spiro atoms. The number of ether oxygens (including phenoxy) is 2. The van der Waals surface area contributed by atoms with Gasteiger partial charge < -0.3 is 9.47 Å². The normalized spacial score (nSPS) is 10.5. The molecule has 0 saturated heterocycles. The molecule has 0 atom stereocenters. The van der Waals surface area contributed by atoms with E-state index in [4.69, 9.17) is 9.47 Å². The van der Waals surface area contributed by atoms with Crippen LogP contribution in [0.4, 0.5) is 0 Å². The third-order valence-corrected chi connectivity index (χ3v) is 5.94. The monoisotopic (exact) mass is 623 g/mol. The van der Waals surface area contributed by atoms with Crippen LogP contribution in [0.1, 0.15) is 12.5 Å². The number of nitrogens with zero attached hydrogens (tertiary/aromatic N) is 2. The maximum absolute atomic E-state index is 11.3. The van der Waals surface area contributed by atoms with Crippen molar-refractivity contribution in [2.24, 2.45) is 0 Å². The summed E-state index contributed by atoms with van der Waals surface area (Å²) in [5.41, 5.74) is 0.712. The van der Waals surface area contributed by atoms with Gasteiger partial charge in [-0.15, -0.1) is 23.8 Å². The van der Waals surface area contributed by atoms with Crippen molar-refractivity contribution < 1.29 is 30.5 Å². The third kappa shape index (κ3) is 9.89. The smallest absolute Gasteiger partial charge is 0.493 e. The van der Waals surface area contributed by atoms with Crippen molar-refractivity contribution >= 4 is 8.07 Å². The summed E-state index contributed by atoms with van der Waals surface area (Å²) in [7, 11) is -0.990. The van der Waals surface area contributed by atoms with Gasteiger partial charge in [0, 0.05) is 20.4 Å². The van der Waals surface area contributed by atoms with Crippen molar-refractivity contribution in [3.8, 4) is 11.4 Å². The first kappa shape index (κ1) is 27.7. The van der Waals surface area contributed by atoms with E-state index in [1.807, 2.05) is 18.2 Å². The molecule has 0 radical (unpaired) electrons. The van der Waals surface area contributed by atoms with E-state index in [0.29, 0.717) is 12.5 Å². The number of aromatic amines is 1. The number of benzene rings is 2. The molecule has 0 bridgehead atoms. The fourth-order valence-electron chi connectivity index (χ4n) is 2.47. The van der Waals surface area contributed by atoms with E-state index in [-0.39, 0.29) is 21.1 Å². The molecule has 0 saturated carbocycles. The van der Waals surface area contributed by atoms with Gasteiger partial charge in [-0.05, 0) is 11.7 Å². The molecule has 2 aromatic carbocycles. The van der Waals surface area contributed by atoms with E-state index < -0.39 is 19.3 Å². The quantitative estimate of drug-likeness (QED) is 0.180. The average molecular weight is 623 g/mol. The molecule has 9 heteroatoms. The van der Waals surface area contributed by atoms with Crippen LogP contribution in [0.2, 0.25) is 25.7 Å². The molecule has 0 aliphatic heterocycles. The van der Waals surface area contributed by atoms with Crippen LogP contribution in [0.25, 0.3) is 5.69 Å². The number of aryl methyl sites for hydroxylation is 1. The summed E-state index contributed by atoms with van der Waals surface area (Å²) in [6.07, 6.45) is 2.01. The van der Waals surface area contributed by atoms with Crippen molar-refractivity contribution in [3.63, 3.8) is 0 Å². The van der Waals surface area contributed by atoms with Gasteiger partial charge in [0.25, 0.3) is 5.56 Å². The van der Waals surface area contributed by atoms with E-state index in [2.05, 4.69) is 48.8 Å². The van der Waals surface area contributed by atoms with E-state index in [0.717, 1.165) is 29.7 Å². The van der Waals surface area contributed by atoms with Gasteiger partial charge in [0.15, 0.2) is 6.79 Å². The molecule has 1 heterocycles. The van der Waals surface area contributed by atoms with Gasteiger partial charge in [0.1, 0.15) is 6.20 Å². The topological polar surface area (TPSA) is 86.2 Å². The Hall–Kier alpha value is -2.28. The largest absolute Gasteiger partial charge is 2.00 e. The number of hydrogen-bond acceptors (Lipinski definition) is 5. The van der Waals surface area contributed by atoms with Gasteiger partial charge in [-0.2, -0.15) is 41.5 Å². The standard InChI is InChI=1S/C14H23O2Si.C9H6N3O2.W/c1-5-13-8-6-7-9-14(13)16-12-15-10-11-17(2,3)4;13-8-6-10-12(9(14)11-8)7-4-2-1-3-5-7;/h7-9H,5,10-12H2,1-4H3;2-6H,(H,11,13,14);/q2*-1;+2. The first-order valence-corrected chi connectivity index (χ1v) is 13.9. The van der Waals surface area contributed by atoms with E-state index in [1.54, 1.807) is 24.3 Å². The number of aromatic nitrogens is 3. The van der Waals surface area contributed by atoms with E-state index >= 15 is 0 Å². The maximum Gasteiger partial charge on any atom is 2.00 e. The fraction of sp³-hybridized carbons (Fsp3) is 0.348. The summed E-state index contributed by atoms with van der Waals surface area (Å²) < 4.78 is 12.2. The molecule has 1 aromatic heterocycles. The predicted molar refractivity (Wildman–Crippen MR) is 124 cm³/mol. The molecule has 0 aliphatic carbocycles. The van der Waals surface area contributed by atoms with Gasteiger partial charge in [-0.1, -0.05) is 33.0 Å². The zero-order valence-corrected chi connectivity index (χ0v) is 22.8. The van der Waals surface area contributed by atoms with Gasteiger partial charge in [0.2, 0.25) is 0 Å². The zero-order chi connectivity index (χ0) is 22.7. The fourth-order valence-corrected chi connectivity index (χ4v) is 3.22. The average Bonchev–Trinajstić information content (AvgIpc) is 2.74. The Bertz CT molecular complexity index is 1050. The second-order valence-corrected chi connectivity index (χ2v) is 13.6. The Labute approximate surface area is 204 Å². The molecule has 3 rings (SSSR count). The first-order valence-electron chi connectivity index (χ1n) is 10.1. The number of hydrogen-bond donors (Lipinski definition) is 1. The summed E-state index contributed by atoms with van der Waals surface area (Å²) in [6, 6.07) is 19.5. The van der Waals surface area contributed by atoms with Crippen LogP contribution in [-0.4, -0.2) is 36.2 Å². The second kappa shape index (κ2) is 14.0. The maximum atomic E-state index is 11.3. The van der Waals surface area contributed by atoms with Crippen molar-refractivity contribution in [2.45, 2.75) is 39.0 Å². The summed E-state index contributed by atoms with van der Waals surface area (Å²) in [4.78, 5) is 24.1. The molecule has 0 unspecified atom stereocenters. The van der Waals surface area contributed by atoms with Crippen LogP contribution in [0.5, 0.6) is 5.75 Å². The van der Waals surface area contributed by atoms with Gasteiger partial charge in [0.05, 0.1) is 0 Å². The van der Waals surface area contributed by atoms with Crippen LogP contribution in [0.15, 0.2) is 58.3 Å². The Morgan fingerprint density at radius 1 is 1.09 bits per heavy atom. The summed E-state index contributed by atoms with van der Waals surface area (Å²) in [5, 5.41) is 3.69. The van der Waals surface area contributed by atoms with Crippen LogP contribution in [-0.2, 0) is 32.2 Å². The molecule has 1 N–H and O–H groups in total. The van der Waals surface area contributed by atoms with Crippen molar-refractivity contribution in [3.05, 3.63) is 87.2 Å². The van der Waals surface area contributed by atoms with Gasteiger partial charge in [-0.3, -0.25) is 9.78 Å². The first-order chi connectivity index (χ1) is 14.8. The molecule has 0 amide bonds. The minimum absolute atomic E-state index is 0. The molecule has 3 aromatic rings. The molecule has 32 heavy (non-hydrogen) atoms. The summed E-state index contributed by atoms with van der Waals surface area (Å²) in [5.74, 6) is 0.916. The molecule has 0 aliphatic rings. The zero-order valence-electron chi connectivity index (χ0n) is 18.9. The number of H-pyrrole nitrogens is 1. The summed E-state index contributed by atoms with van der Waals surface area (Å²) in [6.45, 7) is 10.3. The third-order valence-electron chi connectivity index (χ3n) is 4.24. The van der Waals surface area contributed by atoms with Gasteiger partial charge in [-0.25, -0.2) is 9.48 Å². The van der Waals surface area contributed by atoms with Crippen LogP contribution in [0, 0.1) is 12.1 Å². The van der Waals surface area contributed by atoms with Crippen molar-refractivity contribution in [1.82, 2.24) is 14.8 Å². The minimum Gasteiger partial charge on any atom is -0.493 e. The van der Waals surface area contributed by atoms with Crippen LogP contribution >= 0.6 is 0 Å². The second-order valence-electron chi connectivity index (χ2n) is 7.98. The van der Waals surface area contributed by atoms with E-state index in [1.165, 1.54) is 11.6 Å². The Kier molecular flexibility index (Phi) is 12.1. The Morgan fingerprint density at radius 2 is 1.78 bits per heavy atom. The van der Waals surface area contributed by atoms with Crippen molar-refractivity contribution in [2.75, 3.05) is 13.4 Å². The molecule has 0 fully saturated rings. The Morgan fingerprint density at radius 3 is 2.41 bits per heavy atom. The Balaban J connectivity index is 0.000000315. The summed E-state index contributed by atoms with van der Waals surface area (Å²) >= 11 is 0. The SMILES string of the molecule is CCc1c[c-]ccc1OCOCC[Si](C)(C)C.O=c1cnn(-c2cc[c-]cc2)c(=O)[nH]1.[W+2]. The molecule has 7 nitrogen and oxygen atoms in total. The number of nitrogens with one attached hydrogen (secondary N) is 1. The van der Waals surface area contributed by atoms with Gasteiger partial charge >= 0.3 is 26.8 Å². The van der Waals surface area contributed by atoms with Crippen LogP contribution in [0.3, 0.4) is 0 Å². The van der Waals surface area contributed by atoms with Crippen molar-refractivity contribution in [1.29, 1.82) is 0 Å². The molecular weight excluding hydrogens is 594 g/mol. The number of rotatable bonds is 8. The van der Waals surface area contributed by atoms with Crippen LogP contribution < -0.4 is 16.0 Å². The molecular formula is C23H29N3O4SiW. The molecule has 170 valence electrons.